The standard InChI is InChI=1S/C30H35F3N4OS/c1-21(2)29(38)19-36-16-13-23(14-17-36)35-27-7-4-8-28-26(27)18-24(37(28)20-30(31,32)33)6-5-15-34-22-9-11-25(39-3)12-10-22/h4,7-12,18,21,23,34-35H,13-17,19-20H2,1-3H3. The second-order valence-electron chi connectivity index (χ2n) is 10.2. The number of piperidine rings is 1. The number of thioether (sulfide) groups is 1. The van der Waals surface area contributed by atoms with E-state index in [4.69, 9.17) is 0 Å². The normalized spacial score (nSPS) is 14.8. The van der Waals surface area contributed by atoms with Gasteiger partial charge in [0, 0.05) is 46.7 Å². The first-order valence-corrected chi connectivity index (χ1v) is 14.4. The summed E-state index contributed by atoms with van der Waals surface area (Å²) in [6.45, 7) is 5.14. The summed E-state index contributed by atoms with van der Waals surface area (Å²) in [6, 6.07) is 15.3. The zero-order valence-corrected chi connectivity index (χ0v) is 23.4. The first-order valence-electron chi connectivity index (χ1n) is 13.2. The number of alkyl halides is 3. The maximum absolute atomic E-state index is 13.5. The van der Waals surface area contributed by atoms with E-state index in [0.29, 0.717) is 24.3 Å². The van der Waals surface area contributed by atoms with Gasteiger partial charge in [0.05, 0.1) is 24.3 Å². The van der Waals surface area contributed by atoms with Crippen LogP contribution in [0.5, 0.6) is 0 Å². The lowest BCUT2D eigenvalue weighted by Gasteiger charge is -2.32. The molecule has 1 aromatic heterocycles. The molecule has 1 fully saturated rings. The fourth-order valence-corrected chi connectivity index (χ4v) is 5.12. The summed E-state index contributed by atoms with van der Waals surface area (Å²) in [5.74, 6) is 6.22. The van der Waals surface area contributed by atoms with Crippen LogP contribution >= 0.6 is 11.8 Å². The minimum Gasteiger partial charge on any atom is -0.382 e. The molecule has 2 aromatic carbocycles. The predicted octanol–water partition coefficient (Wildman–Crippen LogP) is 6.49. The van der Waals surface area contributed by atoms with E-state index in [1.807, 2.05) is 50.4 Å². The molecule has 0 amide bonds. The van der Waals surface area contributed by atoms with Crippen LogP contribution in [0.2, 0.25) is 0 Å². The van der Waals surface area contributed by atoms with Gasteiger partial charge >= 0.3 is 6.18 Å². The van der Waals surface area contributed by atoms with Crippen LogP contribution in [0.15, 0.2) is 53.4 Å². The van der Waals surface area contributed by atoms with Gasteiger partial charge < -0.3 is 15.2 Å². The molecule has 0 spiro atoms. The van der Waals surface area contributed by atoms with Crippen molar-refractivity contribution in [2.24, 2.45) is 5.92 Å². The number of likely N-dealkylation sites (tertiary alicyclic amines) is 1. The van der Waals surface area contributed by atoms with Gasteiger partial charge in [-0.1, -0.05) is 25.8 Å². The molecule has 9 heteroatoms. The van der Waals surface area contributed by atoms with E-state index in [2.05, 4.69) is 27.4 Å². The highest BCUT2D eigenvalue weighted by atomic mass is 32.2. The van der Waals surface area contributed by atoms with Gasteiger partial charge in [0.1, 0.15) is 12.3 Å². The summed E-state index contributed by atoms with van der Waals surface area (Å²) < 4.78 is 41.8. The van der Waals surface area contributed by atoms with Crippen molar-refractivity contribution in [1.29, 1.82) is 0 Å². The summed E-state index contributed by atoms with van der Waals surface area (Å²) in [7, 11) is 0. The molecule has 2 heterocycles. The summed E-state index contributed by atoms with van der Waals surface area (Å²) in [5, 5.41) is 7.48. The van der Waals surface area contributed by atoms with Gasteiger partial charge in [-0.05, 0) is 67.5 Å². The molecule has 3 aromatic rings. The molecule has 208 valence electrons. The highest BCUT2D eigenvalue weighted by Crippen LogP contribution is 2.31. The lowest BCUT2D eigenvalue weighted by molar-refractivity contribution is -0.140. The van der Waals surface area contributed by atoms with Crippen LogP contribution in [0.4, 0.5) is 24.5 Å². The lowest BCUT2D eigenvalue weighted by Crippen LogP contribution is -2.42. The Hall–Kier alpha value is -3.09. The van der Waals surface area contributed by atoms with Crippen molar-refractivity contribution < 1.29 is 18.0 Å². The van der Waals surface area contributed by atoms with E-state index >= 15 is 0 Å². The summed E-state index contributed by atoms with van der Waals surface area (Å²) in [6.07, 6.45) is -0.637. The number of benzene rings is 2. The Morgan fingerprint density at radius 2 is 1.85 bits per heavy atom. The van der Waals surface area contributed by atoms with Gasteiger partial charge in [-0.3, -0.25) is 9.69 Å². The van der Waals surface area contributed by atoms with E-state index in [9.17, 15) is 18.0 Å². The fourth-order valence-electron chi connectivity index (χ4n) is 4.71. The summed E-state index contributed by atoms with van der Waals surface area (Å²) in [5.41, 5.74) is 2.55. The number of halogens is 3. The van der Waals surface area contributed by atoms with Gasteiger partial charge in [0.15, 0.2) is 0 Å². The Balaban J connectivity index is 1.49. The Morgan fingerprint density at radius 3 is 2.49 bits per heavy atom. The average Bonchev–Trinajstić information content (AvgIpc) is 3.24. The molecule has 0 saturated carbocycles. The molecule has 1 aliphatic heterocycles. The van der Waals surface area contributed by atoms with Gasteiger partial charge in [-0.25, -0.2) is 0 Å². The number of ketones is 1. The van der Waals surface area contributed by atoms with Crippen LogP contribution < -0.4 is 10.6 Å². The molecule has 1 aliphatic rings. The number of carbonyl (C=O) groups excluding carboxylic acids is 1. The molecular formula is C30H35F3N4OS. The number of aromatic nitrogens is 1. The molecule has 4 rings (SSSR count). The zero-order chi connectivity index (χ0) is 28.0. The van der Waals surface area contributed by atoms with Gasteiger partial charge in [-0.15, -0.1) is 11.8 Å². The number of fused-ring (bicyclic) bond motifs is 1. The van der Waals surface area contributed by atoms with Gasteiger partial charge in [0.2, 0.25) is 0 Å². The minimum atomic E-state index is -4.37. The number of hydrogen-bond donors (Lipinski definition) is 2. The van der Waals surface area contributed by atoms with Crippen molar-refractivity contribution in [2.75, 3.05) is 43.1 Å². The number of anilines is 2. The zero-order valence-electron chi connectivity index (χ0n) is 22.6. The van der Waals surface area contributed by atoms with Crippen molar-refractivity contribution in [3.63, 3.8) is 0 Å². The van der Waals surface area contributed by atoms with E-state index < -0.39 is 12.7 Å². The third kappa shape index (κ3) is 7.96. The predicted molar refractivity (Wildman–Crippen MR) is 155 cm³/mol. The highest BCUT2D eigenvalue weighted by Gasteiger charge is 2.30. The van der Waals surface area contributed by atoms with Crippen LogP contribution in [0, 0.1) is 17.8 Å². The fraction of sp³-hybridized carbons (Fsp3) is 0.433. The molecule has 5 nitrogen and oxygen atoms in total. The quantitative estimate of drug-likeness (QED) is 0.233. The van der Waals surface area contributed by atoms with Crippen molar-refractivity contribution in [1.82, 2.24) is 9.47 Å². The van der Waals surface area contributed by atoms with Crippen LogP contribution in [0.25, 0.3) is 10.9 Å². The Kier molecular flexibility index (Phi) is 9.52. The van der Waals surface area contributed by atoms with Gasteiger partial charge in [0.25, 0.3) is 0 Å². The molecule has 1 saturated heterocycles. The molecular weight excluding hydrogens is 521 g/mol. The number of hydrogen-bond acceptors (Lipinski definition) is 5. The number of nitrogens with zero attached hydrogens (tertiary/aromatic N) is 2. The highest BCUT2D eigenvalue weighted by molar-refractivity contribution is 7.98. The van der Waals surface area contributed by atoms with Crippen molar-refractivity contribution in [3.05, 3.63) is 54.2 Å². The van der Waals surface area contributed by atoms with E-state index in [0.717, 1.165) is 47.6 Å². The van der Waals surface area contributed by atoms with Crippen molar-refractivity contribution in [3.8, 4) is 11.8 Å². The first-order chi connectivity index (χ1) is 18.6. The first kappa shape index (κ1) is 28.9. The monoisotopic (exact) mass is 556 g/mol. The summed E-state index contributed by atoms with van der Waals surface area (Å²) in [4.78, 5) is 15.4. The Bertz CT molecular complexity index is 1330. The Labute approximate surface area is 232 Å². The van der Waals surface area contributed by atoms with Crippen molar-refractivity contribution in [2.45, 2.75) is 50.3 Å². The molecule has 0 aliphatic carbocycles. The third-order valence-electron chi connectivity index (χ3n) is 6.94. The third-order valence-corrected chi connectivity index (χ3v) is 7.68. The second-order valence-corrected chi connectivity index (χ2v) is 11.0. The van der Waals surface area contributed by atoms with Crippen LogP contribution in [0.1, 0.15) is 32.4 Å². The minimum absolute atomic E-state index is 0.0267. The number of nitrogens with one attached hydrogen (secondary N) is 2. The van der Waals surface area contributed by atoms with Crippen LogP contribution in [0.3, 0.4) is 0 Å². The van der Waals surface area contributed by atoms with Crippen LogP contribution in [-0.2, 0) is 11.3 Å². The van der Waals surface area contributed by atoms with E-state index in [1.165, 1.54) is 4.57 Å². The smallest absolute Gasteiger partial charge is 0.382 e. The maximum atomic E-state index is 13.5. The number of carbonyl (C=O) groups is 1. The second kappa shape index (κ2) is 12.8. The SMILES string of the molecule is CSc1ccc(NCC#Cc2cc3c(NC4CCN(CC(=O)C(C)C)CC4)cccc3n2CC(F)(F)F)cc1. The topological polar surface area (TPSA) is 49.3 Å². The molecule has 39 heavy (non-hydrogen) atoms. The Morgan fingerprint density at radius 1 is 1.13 bits per heavy atom. The number of rotatable bonds is 9. The lowest BCUT2D eigenvalue weighted by atomic mass is 10.0. The van der Waals surface area contributed by atoms with Gasteiger partial charge in [-0.2, -0.15) is 13.2 Å². The molecule has 0 radical (unpaired) electrons. The molecule has 0 atom stereocenters. The van der Waals surface area contributed by atoms with E-state index in [1.54, 1.807) is 30.0 Å². The average molecular weight is 557 g/mol. The summed E-state index contributed by atoms with van der Waals surface area (Å²) >= 11 is 1.66. The maximum Gasteiger partial charge on any atom is 0.406 e. The molecule has 2 N–H and O–H groups in total. The number of Topliss-reactive ketones (excluding diaryl/α,β-unsaturated/α-hetero) is 1. The largest absolute Gasteiger partial charge is 0.406 e. The van der Waals surface area contributed by atoms with Crippen LogP contribution in [-0.4, -0.2) is 59.9 Å². The molecule has 0 bridgehead atoms. The van der Waals surface area contributed by atoms with E-state index in [-0.39, 0.29) is 17.7 Å². The van der Waals surface area contributed by atoms with Crippen molar-refractivity contribution >= 4 is 39.8 Å². The molecule has 0 unspecified atom stereocenters.